The molecule has 2 heterocycles. The fourth-order valence-corrected chi connectivity index (χ4v) is 3.28. The molecule has 8 nitrogen and oxygen atoms in total. The van der Waals surface area contributed by atoms with Crippen molar-refractivity contribution in [1.29, 1.82) is 0 Å². The molecule has 128 valence electrons. The summed E-state index contributed by atoms with van der Waals surface area (Å²) in [7, 11) is 0. The van der Waals surface area contributed by atoms with Crippen molar-refractivity contribution in [3.63, 3.8) is 0 Å². The van der Waals surface area contributed by atoms with Crippen molar-refractivity contribution in [3.8, 4) is 0 Å². The Morgan fingerprint density at radius 2 is 2.16 bits per heavy atom. The summed E-state index contributed by atoms with van der Waals surface area (Å²) in [6.45, 7) is 1.97. The molecule has 2 aromatic heterocycles. The number of hydrogen-bond donors (Lipinski definition) is 2. The van der Waals surface area contributed by atoms with Gasteiger partial charge in [0, 0.05) is 11.6 Å². The maximum atomic E-state index is 12.2. The Kier molecular flexibility index (Phi) is 3.92. The lowest BCUT2D eigenvalue weighted by Crippen LogP contribution is -2.19. The number of amides is 2. The van der Waals surface area contributed by atoms with Gasteiger partial charge < -0.3 is 10.6 Å². The van der Waals surface area contributed by atoms with Gasteiger partial charge in [-0.3, -0.25) is 9.59 Å². The van der Waals surface area contributed by atoms with Crippen LogP contribution in [0.15, 0.2) is 24.4 Å². The summed E-state index contributed by atoms with van der Waals surface area (Å²) in [5.41, 5.74) is 1.55. The average Bonchev–Trinajstić information content (AvgIpc) is 3.23. The zero-order valence-corrected chi connectivity index (χ0v) is 14.3. The molecule has 0 aliphatic heterocycles. The zero-order valence-electron chi connectivity index (χ0n) is 13.5. The van der Waals surface area contributed by atoms with E-state index in [0.29, 0.717) is 11.5 Å². The van der Waals surface area contributed by atoms with Crippen molar-refractivity contribution in [3.05, 3.63) is 29.4 Å². The molecule has 1 aromatic carbocycles. The molecule has 0 saturated heterocycles. The Balaban J connectivity index is 1.37. The number of nitrogens with one attached hydrogen (secondary N) is 2. The van der Waals surface area contributed by atoms with Crippen molar-refractivity contribution in [2.45, 2.75) is 26.3 Å². The first-order valence-corrected chi connectivity index (χ1v) is 8.76. The Hall–Kier alpha value is -2.81. The van der Waals surface area contributed by atoms with Gasteiger partial charge in [0.25, 0.3) is 0 Å². The Morgan fingerprint density at radius 3 is 2.96 bits per heavy atom. The van der Waals surface area contributed by atoms with Crippen LogP contribution in [-0.4, -0.2) is 31.8 Å². The Bertz CT molecular complexity index is 959. The molecule has 1 aliphatic rings. The molecule has 0 unspecified atom stereocenters. The topological polar surface area (TPSA) is 102 Å². The first-order chi connectivity index (χ1) is 12.1. The van der Waals surface area contributed by atoms with E-state index in [1.807, 2.05) is 25.1 Å². The van der Waals surface area contributed by atoms with Crippen LogP contribution in [0.25, 0.3) is 10.2 Å². The second kappa shape index (κ2) is 6.25. The fourth-order valence-electron chi connectivity index (χ4n) is 2.47. The first-order valence-electron chi connectivity index (χ1n) is 7.95. The second-order valence-electron chi connectivity index (χ2n) is 6.03. The predicted octanol–water partition coefficient (Wildman–Crippen LogP) is 2.18. The number of thiazole rings is 1. The van der Waals surface area contributed by atoms with E-state index < -0.39 is 0 Å². The second-order valence-corrected chi connectivity index (χ2v) is 7.26. The van der Waals surface area contributed by atoms with Crippen LogP contribution in [0.2, 0.25) is 0 Å². The van der Waals surface area contributed by atoms with Crippen LogP contribution in [0, 0.1) is 12.8 Å². The van der Waals surface area contributed by atoms with E-state index in [2.05, 4.69) is 25.9 Å². The minimum absolute atomic E-state index is 0.0143. The molecule has 25 heavy (non-hydrogen) atoms. The lowest BCUT2D eigenvalue weighted by atomic mass is 10.3. The van der Waals surface area contributed by atoms with Gasteiger partial charge >= 0.3 is 0 Å². The summed E-state index contributed by atoms with van der Waals surface area (Å²) >= 11 is 1.62. The van der Waals surface area contributed by atoms with Gasteiger partial charge in [-0.05, 0) is 38.0 Å². The number of fused-ring (bicyclic) bond motifs is 1. The van der Waals surface area contributed by atoms with Crippen molar-refractivity contribution in [1.82, 2.24) is 20.0 Å². The number of nitrogens with zero attached hydrogens (tertiary/aromatic N) is 4. The number of aromatic nitrogens is 4. The first kappa shape index (κ1) is 15.7. The predicted molar refractivity (Wildman–Crippen MR) is 94.4 cm³/mol. The number of anilines is 2. The molecule has 4 rings (SSSR count). The molecule has 2 amide bonds. The molecule has 0 spiro atoms. The van der Waals surface area contributed by atoms with Gasteiger partial charge in [0.15, 0.2) is 5.82 Å². The van der Waals surface area contributed by atoms with Crippen LogP contribution in [0.1, 0.15) is 17.8 Å². The normalized spacial score (nSPS) is 13.8. The van der Waals surface area contributed by atoms with Crippen molar-refractivity contribution in [2.24, 2.45) is 5.92 Å². The van der Waals surface area contributed by atoms with Gasteiger partial charge in [0.2, 0.25) is 11.8 Å². The third-order valence-electron chi connectivity index (χ3n) is 3.82. The highest BCUT2D eigenvalue weighted by Gasteiger charge is 2.30. The molecular weight excluding hydrogens is 340 g/mol. The van der Waals surface area contributed by atoms with Crippen molar-refractivity contribution >= 4 is 44.9 Å². The molecule has 3 aromatic rings. The van der Waals surface area contributed by atoms with E-state index in [4.69, 9.17) is 0 Å². The highest BCUT2D eigenvalue weighted by Crippen LogP contribution is 2.29. The number of benzene rings is 1. The number of carbonyl (C=O) groups excluding carboxylic acids is 2. The maximum Gasteiger partial charge on any atom is 0.246 e. The zero-order chi connectivity index (χ0) is 17.4. The Labute approximate surface area is 147 Å². The van der Waals surface area contributed by atoms with Crippen LogP contribution in [0.3, 0.4) is 0 Å². The van der Waals surface area contributed by atoms with E-state index in [0.717, 1.165) is 28.1 Å². The monoisotopic (exact) mass is 356 g/mol. The van der Waals surface area contributed by atoms with E-state index in [9.17, 15) is 9.59 Å². The van der Waals surface area contributed by atoms with Gasteiger partial charge in [0.1, 0.15) is 6.54 Å². The van der Waals surface area contributed by atoms with Gasteiger partial charge in [-0.1, -0.05) is 5.21 Å². The summed E-state index contributed by atoms with van der Waals surface area (Å²) < 4.78 is 2.48. The maximum absolute atomic E-state index is 12.2. The standard InChI is InChI=1S/C16H16N6O2S/c1-9-17-12-6-11(4-5-13(12)25-9)18-15(23)8-22-7-14(20-21-22)19-16(24)10-2-3-10/h4-7,10H,2-3,8H2,1H3,(H,18,23)(H,19,24). The van der Waals surface area contributed by atoms with Crippen LogP contribution in [-0.2, 0) is 16.1 Å². The van der Waals surface area contributed by atoms with Gasteiger partial charge in [-0.25, -0.2) is 9.67 Å². The molecule has 0 bridgehead atoms. The molecular formula is C16H16N6O2S. The quantitative estimate of drug-likeness (QED) is 0.729. The van der Waals surface area contributed by atoms with Crippen LogP contribution in [0.5, 0.6) is 0 Å². The summed E-state index contributed by atoms with van der Waals surface area (Å²) in [6, 6.07) is 5.64. The average molecular weight is 356 g/mol. The van der Waals surface area contributed by atoms with E-state index in [-0.39, 0.29) is 24.3 Å². The SMILES string of the molecule is Cc1nc2cc(NC(=O)Cn3cc(NC(=O)C4CC4)nn3)ccc2s1. The lowest BCUT2D eigenvalue weighted by Gasteiger charge is -2.04. The molecule has 9 heteroatoms. The van der Waals surface area contributed by atoms with Crippen LogP contribution < -0.4 is 10.6 Å². The van der Waals surface area contributed by atoms with Crippen LogP contribution in [0.4, 0.5) is 11.5 Å². The fraction of sp³-hybridized carbons (Fsp3) is 0.312. The summed E-state index contributed by atoms with van der Waals surface area (Å²) in [5, 5.41) is 14.2. The molecule has 1 aliphatic carbocycles. The van der Waals surface area contributed by atoms with E-state index in [1.54, 1.807) is 17.5 Å². The van der Waals surface area contributed by atoms with Gasteiger partial charge in [0.05, 0.1) is 21.4 Å². The summed E-state index contributed by atoms with van der Waals surface area (Å²) in [4.78, 5) is 28.3. The molecule has 0 atom stereocenters. The summed E-state index contributed by atoms with van der Waals surface area (Å²) in [6.07, 6.45) is 3.39. The van der Waals surface area contributed by atoms with Gasteiger partial charge in [-0.15, -0.1) is 16.4 Å². The van der Waals surface area contributed by atoms with Crippen molar-refractivity contribution < 1.29 is 9.59 Å². The number of aryl methyl sites for hydroxylation is 1. The largest absolute Gasteiger partial charge is 0.324 e. The molecule has 1 saturated carbocycles. The van der Waals surface area contributed by atoms with E-state index in [1.165, 1.54) is 4.68 Å². The summed E-state index contributed by atoms with van der Waals surface area (Å²) in [5.74, 6) is 0.196. The third kappa shape index (κ3) is 3.66. The lowest BCUT2D eigenvalue weighted by molar-refractivity contribution is -0.117. The van der Waals surface area contributed by atoms with Crippen LogP contribution >= 0.6 is 11.3 Å². The number of rotatable bonds is 5. The molecule has 0 radical (unpaired) electrons. The minimum atomic E-state index is -0.226. The molecule has 2 N–H and O–H groups in total. The van der Waals surface area contributed by atoms with Crippen molar-refractivity contribution in [2.75, 3.05) is 10.6 Å². The minimum Gasteiger partial charge on any atom is -0.324 e. The Morgan fingerprint density at radius 1 is 1.32 bits per heavy atom. The molecule has 1 fully saturated rings. The third-order valence-corrected chi connectivity index (χ3v) is 4.77. The van der Waals surface area contributed by atoms with Gasteiger partial charge in [-0.2, -0.15) is 0 Å². The van der Waals surface area contributed by atoms with E-state index >= 15 is 0 Å². The number of carbonyl (C=O) groups is 2. The highest BCUT2D eigenvalue weighted by molar-refractivity contribution is 7.18. The smallest absolute Gasteiger partial charge is 0.246 e. The number of hydrogen-bond acceptors (Lipinski definition) is 6. The highest BCUT2D eigenvalue weighted by atomic mass is 32.1.